The number of benzene rings is 2. The molecule has 2 aromatic carbocycles. The molecule has 1 aliphatic heterocycles. The van der Waals surface area contributed by atoms with E-state index in [9.17, 15) is 27.6 Å². The highest BCUT2D eigenvalue weighted by molar-refractivity contribution is 7.91. The minimum absolute atomic E-state index is 0.0170. The van der Waals surface area contributed by atoms with Gasteiger partial charge >= 0.3 is 6.16 Å². The maximum Gasteiger partial charge on any atom is 0.509 e. The Hall–Kier alpha value is -3.44. The smallest absolute Gasteiger partial charge is 0.489 e. The van der Waals surface area contributed by atoms with Crippen LogP contribution in [0.5, 0.6) is 5.75 Å². The molecule has 4 rings (SSSR count). The van der Waals surface area contributed by atoms with Crippen LogP contribution in [0.4, 0.5) is 9.18 Å². The fourth-order valence-electron chi connectivity index (χ4n) is 3.51. The molecule has 9 nitrogen and oxygen atoms in total. The molecule has 0 radical (unpaired) electrons. The lowest BCUT2D eigenvalue weighted by Gasteiger charge is -2.16. The molecule has 11 heteroatoms. The molecular formula is C22H20FNO8S. The summed E-state index contributed by atoms with van der Waals surface area (Å²) >= 11 is 0. The van der Waals surface area contributed by atoms with E-state index in [1.54, 1.807) is 6.07 Å². The quantitative estimate of drug-likeness (QED) is 0.367. The molecule has 2 atom stereocenters. The Morgan fingerprint density at radius 2 is 1.94 bits per heavy atom. The van der Waals surface area contributed by atoms with Crippen molar-refractivity contribution < 1.29 is 41.8 Å². The summed E-state index contributed by atoms with van der Waals surface area (Å²) < 4.78 is 54.0. The lowest BCUT2D eigenvalue weighted by atomic mass is 10.1. The molecule has 1 N–H and O–H groups in total. The topological polar surface area (TPSA) is 119 Å². The zero-order valence-corrected chi connectivity index (χ0v) is 18.2. The molecule has 2 unspecified atom stereocenters. The number of nitrogens with zero attached hydrogens (tertiary/aromatic N) is 1. The van der Waals surface area contributed by atoms with E-state index in [-0.39, 0.29) is 34.4 Å². The predicted molar refractivity (Wildman–Crippen MR) is 110 cm³/mol. The van der Waals surface area contributed by atoms with Gasteiger partial charge in [0.2, 0.25) is 0 Å². The zero-order chi connectivity index (χ0) is 23.8. The van der Waals surface area contributed by atoms with Crippen molar-refractivity contribution in [3.8, 4) is 5.75 Å². The summed E-state index contributed by atoms with van der Waals surface area (Å²) in [6.07, 6.45) is -0.881. The Morgan fingerprint density at radius 1 is 1.21 bits per heavy atom. The summed E-state index contributed by atoms with van der Waals surface area (Å²) in [6, 6.07) is 9.78. The summed E-state index contributed by atoms with van der Waals surface area (Å²) in [7, 11) is -4.05. The molecular weight excluding hydrogens is 457 g/mol. The lowest BCUT2D eigenvalue weighted by Crippen LogP contribution is -2.33. The second-order valence-electron chi connectivity index (χ2n) is 7.66. The van der Waals surface area contributed by atoms with Gasteiger partial charge in [-0.25, -0.2) is 22.7 Å². The number of aryl methyl sites for hydroxylation is 1. The molecule has 0 aromatic heterocycles. The molecule has 0 saturated carbocycles. The lowest BCUT2D eigenvalue weighted by molar-refractivity contribution is -0.156. The van der Waals surface area contributed by atoms with Crippen molar-refractivity contribution in [3.05, 3.63) is 71.1 Å². The summed E-state index contributed by atoms with van der Waals surface area (Å²) in [5.74, 6) is -1.90. The van der Waals surface area contributed by atoms with Gasteiger partial charge in [0.15, 0.2) is 27.9 Å². The first kappa shape index (κ1) is 22.7. The molecule has 0 bridgehead atoms. The standard InChI is InChI=1S/C22H20FNO8S/c1-13-2-3-16(23)8-15(13)11-30-17-4-6-18(7-5-17)33(28,29)12-24(27)21(25)14-9-19-20(10-14)32-22(26)31-19/h2-9,19-20,27H,10-12H2,1H3. The second-order valence-corrected chi connectivity index (χ2v) is 9.62. The summed E-state index contributed by atoms with van der Waals surface area (Å²) in [5.41, 5.74) is 1.60. The Morgan fingerprint density at radius 3 is 2.64 bits per heavy atom. The van der Waals surface area contributed by atoms with Gasteiger partial charge in [-0.1, -0.05) is 6.07 Å². The molecule has 1 aliphatic carbocycles. The molecule has 33 heavy (non-hydrogen) atoms. The van der Waals surface area contributed by atoms with Gasteiger partial charge in [0.1, 0.15) is 18.2 Å². The molecule has 1 fully saturated rings. The summed E-state index contributed by atoms with van der Waals surface area (Å²) in [5, 5.41) is 10.2. The van der Waals surface area contributed by atoms with Crippen molar-refractivity contribution in [1.29, 1.82) is 0 Å². The molecule has 0 spiro atoms. The number of fused-ring (bicyclic) bond motifs is 1. The first-order valence-corrected chi connectivity index (χ1v) is 11.6. The highest BCUT2D eigenvalue weighted by Crippen LogP contribution is 2.31. The third-order valence-electron chi connectivity index (χ3n) is 5.32. The Balaban J connectivity index is 1.37. The number of carbonyl (C=O) groups excluding carboxylic acids is 2. The van der Waals surface area contributed by atoms with Crippen LogP contribution in [0.25, 0.3) is 0 Å². The van der Waals surface area contributed by atoms with Gasteiger partial charge in [-0.05, 0) is 60.5 Å². The normalized spacial score (nSPS) is 19.4. The molecule has 1 heterocycles. The van der Waals surface area contributed by atoms with E-state index in [4.69, 9.17) is 14.2 Å². The van der Waals surface area contributed by atoms with Crippen LogP contribution in [-0.4, -0.2) is 48.8 Å². The Kier molecular flexibility index (Phi) is 6.09. The van der Waals surface area contributed by atoms with Crippen LogP contribution in [0.15, 0.2) is 59.0 Å². The minimum atomic E-state index is -4.05. The zero-order valence-electron chi connectivity index (χ0n) is 17.4. The number of amides is 1. The molecule has 174 valence electrons. The van der Waals surface area contributed by atoms with Crippen LogP contribution in [0.2, 0.25) is 0 Å². The third kappa shape index (κ3) is 4.99. The van der Waals surface area contributed by atoms with Gasteiger partial charge in [-0.3, -0.25) is 10.0 Å². The molecule has 1 amide bonds. The van der Waals surface area contributed by atoms with Crippen LogP contribution in [0.3, 0.4) is 0 Å². The number of hydrogen-bond acceptors (Lipinski definition) is 8. The van der Waals surface area contributed by atoms with Gasteiger partial charge in [0.05, 0.1) is 4.90 Å². The van der Waals surface area contributed by atoms with Crippen molar-refractivity contribution in [1.82, 2.24) is 5.06 Å². The third-order valence-corrected chi connectivity index (χ3v) is 6.90. The molecule has 2 aliphatic rings. The van der Waals surface area contributed by atoms with Crippen LogP contribution in [-0.2, 0) is 30.7 Å². The molecule has 2 aromatic rings. The van der Waals surface area contributed by atoms with Gasteiger partial charge in [-0.2, -0.15) is 0 Å². The van der Waals surface area contributed by atoms with Crippen LogP contribution in [0, 0.1) is 12.7 Å². The van der Waals surface area contributed by atoms with E-state index in [1.165, 1.54) is 42.5 Å². The SMILES string of the molecule is Cc1ccc(F)cc1COc1ccc(S(=O)(=O)CN(O)C(=O)C2=CC3OC(=O)OC3C2)cc1. The fourth-order valence-corrected chi connectivity index (χ4v) is 4.65. The van der Waals surface area contributed by atoms with E-state index in [2.05, 4.69) is 0 Å². The summed E-state index contributed by atoms with van der Waals surface area (Å²) in [6.45, 7) is 1.92. The van der Waals surface area contributed by atoms with E-state index < -0.39 is 40.0 Å². The minimum Gasteiger partial charge on any atom is -0.489 e. The van der Waals surface area contributed by atoms with E-state index in [1.807, 2.05) is 6.92 Å². The maximum absolute atomic E-state index is 13.4. The van der Waals surface area contributed by atoms with Crippen molar-refractivity contribution in [3.63, 3.8) is 0 Å². The van der Waals surface area contributed by atoms with Crippen molar-refractivity contribution in [2.24, 2.45) is 0 Å². The first-order valence-electron chi connectivity index (χ1n) is 9.92. The number of hydrogen-bond donors (Lipinski definition) is 1. The Bertz CT molecular complexity index is 1230. The highest BCUT2D eigenvalue weighted by atomic mass is 32.2. The average Bonchev–Trinajstić information content (AvgIpc) is 3.31. The van der Waals surface area contributed by atoms with Gasteiger partial charge in [0.25, 0.3) is 5.91 Å². The van der Waals surface area contributed by atoms with E-state index in [0.29, 0.717) is 11.3 Å². The van der Waals surface area contributed by atoms with Crippen molar-refractivity contribution in [2.75, 3.05) is 5.88 Å². The molecule has 1 saturated heterocycles. The van der Waals surface area contributed by atoms with Crippen LogP contribution < -0.4 is 4.74 Å². The largest absolute Gasteiger partial charge is 0.509 e. The predicted octanol–water partition coefficient (Wildman–Crippen LogP) is 2.90. The Labute approximate surface area is 188 Å². The second kappa shape index (κ2) is 8.83. The fraction of sp³-hybridized carbons (Fsp3) is 0.273. The maximum atomic E-state index is 13.4. The van der Waals surface area contributed by atoms with Crippen molar-refractivity contribution in [2.45, 2.75) is 37.1 Å². The first-order chi connectivity index (χ1) is 15.6. The number of ether oxygens (including phenoxy) is 3. The monoisotopic (exact) mass is 477 g/mol. The van der Waals surface area contributed by atoms with Gasteiger partial charge in [0, 0.05) is 12.0 Å². The summed E-state index contributed by atoms with van der Waals surface area (Å²) in [4.78, 5) is 23.3. The number of carbonyl (C=O) groups is 2. The van der Waals surface area contributed by atoms with Crippen molar-refractivity contribution >= 4 is 21.9 Å². The van der Waals surface area contributed by atoms with Crippen LogP contribution >= 0.6 is 0 Å². The van der Waals surface area contributed by atoms with Gasteiger partial charge < -0.3 is 14.2 Å². The average molecular weight is 477 g/mol. The number of rotatable bonds is 7. The number of sulfone groups is 1. The number of hydroxylamine groups is 2. The van der Waals surface area contributed by atoms with Gasteiger partial charge in [-0.15, -0.1) is 0 Å². The number of halogens is 1. The van der Waals surface area contributed by atoms with E-state index in [0.717, 1.165) is 5.56 Å². The van der Waals surface area contributed by atoms with Crippen LogP contribution in [0.1, 0.15) is 17.5 Å². The highest BCUT2D eigenvalue weighted by Gasteiger charge is 2.42. The van der Waals surface area contributed by atoms with E-state index >= 15 is 0 Å².